The van der Waals surface area contributed by atoms with Crippen molar-refractivity contribution in [3.8, 4) is 11.5 Å². The fourth-order valence-corrected chi connectivity index (χ4v) is 8.35. The number of ether oxygens (including phenoxy) is 1. The van der Waals surface area contributed by atoms with Gasteiger partial charge in [0.1, 0.15) is 6.10 Å². The Balaban J connectivity index is 1.32. The van der Waals surface area contributed by atoms with E-state index in [1.54, 1.807) is 35.6 Å². The van der Waals surface area contributed by atoms with Crippen LogP contribution in [-0.2, 0) is 16.6 Å². The van der Waals surface area contributed by atoms with Crippen LogP contribution < -0.4 is 4.74 Å². The van der Waals surface area contributed by atoms with E-state index < -0.39 is 17.1 Å². The van der Waals surface area contributed by atoms with Gasteiger partial charge in [-0.25, -0.2) is 0 Å². The molecule has 1 amide bonds. The van der Waals surface area contributed by atoms with Gasteiger partial charge in [-0.2, -0.15) is 0 Å². The number of furan rings is 1. The number of likely N-dealkylation sites (N-methyl/N-ethyl adjacent to an activating group) is 1. The number of hydrogen-bond donors (Lipinski definition) is 2. The molecule has 7 heteroatoms. The van der Waals surface area contributed by atoms with E-state index in [2.05, 4.69) is 11.8 Å². The number of phenolic OH excluding ortho intramolecular Hbond substituents is 1. The number of likely N-dealkylation sites (tertiary alicyclic amines) is 1. The van der Waals surface area contributed by atoms with Crippen molar-refractivity contribution in [2.75, 3.05) is 20.1 Å². The van der Waals surface area contributed by atoms with Gasteiger partial charge in [0.05, 0.1) is 29.6 Å². The van der Waals surface area contributed by atoms with Crippen LogP contribution in [0.15, 0.2) is 41.2 Å². The molecule has 1 aromatic heterocycles. The summed E-state index contributed by atoms with van der Waals surface area (Å²) in [6.45, 7) is 4.11. The van der Waals surface area contributed by atoms with E-state index in [1.807, 2.05) is 19.2 Å². The molecule has 2 saturated carbocycles. The molecule has 5 aliphatic rings. The molecule has 2 aliphatic heterocycles. The summed E-state index contributed by atoms with van der Waals surface area (Å²) in [5.74, 6) is 1.30. The minimum atomic E-state index is -0.974. The monoisotopic (exact) mass is 504 g/mol. The third-order valence-corrected chi connectivity index (χ3v) is 10.3. The molecule has 2 aromatic rings. The van der Waals surface area contributed by atoms with E-state index in [1.165, 1.54) is 18.4 Å². The molecule has 37 heavy (non-hydrogen) atoms. The molecule has 3 aliphatic carbocycles. The first-order valence-electron chi connectivity index (χ1n) is 13.8. The zero-order valence-electron chi connectivity index (χ0n) is 21.6. The lowest BCUT2D eigenvalue weighted by Gasteiger charge is -2.67. The van der Waals surface area contributed by atoms with Crippen molar-refractivity contribution in [1.82, 2.24) is 9.80 Å². The van der Waals surface area contributed by atoms with E-state index in [-0.39, 0.29) is 29.7 Å². The number of rotatable bonds is 6. The number of amides is 1. The van der Waals surface area contributed by atoms with Crippen LogP contribution in [-0.4, -0.2) is 69.8 Å². The van der Waals surface area contributed by atoms with Crippen molar-refractivity contribution in [3.05, 3.63) is 53.5 Å². The second-order valence-corrected chi connectivity index (χ2v) is 11.9. The zero-order valence-corrected chi connectivity index (χ0v) is 21.6. The molecular formula is C30H36N2O5. The van der Waals surface area contributed by atoms with Gasteiger partial charge < -0.3 is 24.3 Å². The Hall–Kier alpha value is -2.77. The summed E-state index contributed by atoms with van der Waals surface area (Å²) in [5.41, 5.74) is 1.39. The number of nitrogens with zero attached hydrogens (tertiary/aromatic N) is 2. The van der Waals surface area contributed by atoms with Crippen molar-refractivity contribution < 1.29 is 24.2 Å². The first-order valence-corrected chi connectivity index (χ1v) is 13.8. The topological polar surface area (TPSA) is 86.4 Å². The van der Waals surface area contributed by atoms with Crippen molar-refractivity contribution in [3.63, 3.8) is 0 Å². The average molecular weight is 505 g/mol. The molecule has 196 valence electrons. The highest BCUT2D eigenvalue weighted by Crippen LogP contribution is 2.67. The Morgan fingerprint density at radius 2 is 2.14 bits per heavy atom. The van der Waals surface area contributed by atoms with Crippen LogP contribution in [0, 0.1) is 11.8 Å². The maximum atomic E-state index is 13.4. The molecule has 2 N–H and O–H groups in total. The Bertz CT molecular complexity index is 1250. The summed E-state index contributed by atoms with van der Waals surface area (Å²) in [6.07, 6.45) is 11.7. The minimum Gasteiger partial charge on any atom is -0.504 e. The van der Waals surface area contributed by atoms with Crippen molar-refractivity contribution in [2.24, 2.45) is 11.8 Å². The van der Waals surface area contributed by atoms with Crippen LogP contribution in [0.5, 0.6) is 11.5 Å². The predicted molar refractivity (Wildman–Crippen MR) is 138 cm³/mol. The van der Waals surface area contributed by atoms with Gasteiger partial charge in [0.25, 0.3) is 0 Å². The normalized spacial score (nSPS) is 35.9. The van der Waals surface area contributed by atoms with Gasteiger partial charge in [0.15, 0.2) is 11.5 Å². The molecule has 1 spiro atoms. The minimum absolute atomic E-state index is 0.0129. The molecule has 7 rings (SSSR count). The van der Waals surface area contributed by atoms with E-state index in [0.717, 1.165) is 49.4 Å². The van der Waals surface area contributed by atoms with Gasteiger partial charge in [0.2, 0.25) is 5.91 Å². The summed E-state index contributed by atoms with van der Waals surface area (Å²) in [6, 6.07) is 5.38. The maximum Gasteiger partial charge on any atom is 0.246 e. The molecule has 6 atom stereocenters. The molecular weight excluding hydrogens is 468 g/mol. The number of benzene rings is 1. The number of carbonyl (C=O) groups is 1. The largest absolute Gasteiger partial charge is 0.504 e. The fourth-order valence-electron chi connectivity index (χ4n) is 8.35. The van der Waals surface area contributed by atoms with E-state index >= 15 is 0 Å². The van der Waals surface area contributed by atoms with Crippen LogP contribution in [0.25, 0.3) is 6.08 Å². The summed E-state index contributed by atoms with van der Waals surface area (Å²) in [4.78, 5) is 17.7. The second-order valence-electron chi connectivity index (χ2n) is 11.9. The maximum absolute atomic E-state index is 13.4. The van der Waals surface area contributed by atoms with Crippen molar-refractivity contribution in [1.29, 1.82) is 0 Å². The third-order valence-electron chi connectivity index (χ3n) is 10.3. The molecule has 0 radical (unpaired) electrons. The first kappa shape index (κ1) is 23.4. The Morgan fingerprint density at radius 3 is 2.86 bits per heavy atom. The molecule has 3 heterocycles. The third kappa shape index (κ3) is 3.10. The van der Waals surface area contributed by atoms with Crippen LogP contribution in [0.1, 0.15) is 55.7 Å². The number of aliphatic hydroxyl groups is 1. The Labute approximate surface area is 217 Å². The zero-order chi connectivity index (χ0) is 25.5. The molecule has 3 fully saturated rings. The van der Waals surface area contributed by atoms with E-state index in [9.17, 15) is 15.0 Å². The van der Waals surface area contributed by atoms with Gasteiger partial charge in [-0.15, -0.1) is 0 Å². The van der Waals surface area contributed by atoms with Crippen LogP contribution in [0.4, 0.5) is 0 Å². The molecule has 0 unspecified atom stereocenters. The quantitative estimate of drug-likeness (QED) is 0.583. The average Bonchev–Trinajstić information content (AvgIpc) is 3.41. The van der Waals surface area contributed by atoms with Crippen LogP contribution in [0.2, 0.25) is 0 Å². The number of carbonyl (C=O) groups excluding carboxylic acids is 1. The molecule has 1 saturated heterocycles. The summed E-state index contributed by atoms with van der Waals surface area (Å²) in [7, 11) is 1.84. The molecule has 1 aromatic carbocycles. The van der Waals surface area contributed by atoms with Gasteiger partial charge in [0, 0.05) is 36.8 Å². The fraction of sp³-hybridized carbons (Fsp3) is 0.567. The van der Waals surface area contributed by atoms with Crippen molar-refractivity contribution in [2.45, 2.75) is 74.7 Å². The number of phenols is 1. The lowest BCUT2D eigenvalue weighted by Crippen LogP contribution is -2.81. The van der Waals surface area contributed by atoms with E-state index in [4.69, 9.17) is 9.15 Å². The van der Waals surface area contributed by atoms with Gasteiger partial charge in [-0.3, -0.25) is 9.69 Å². The van der Waals surface area contributed by atoms with Gasteiger partial charge in [-0.1, -0.05) is 19.4 Å². The number of aromatic hydroxyl groups is 1. The highest BCUT2D eigenvalue weighted by Gasteiger charge is 2.75. The second kappa shape index (κ2) is 8.11. The smallest absolute Gasteiger partial charge is 0.246 e. The Morgan fingerprint density at radius 1 is 1.30 bits per heavy atom. The highest BCUT2D eigenvalue weighted by molar-refractivity contribution is 5.92. The SMILES string of the molecule is CC[C@H]1C[C@@H](N(C)C(=O)/C=C/c2ccoc2)[C@H]2Oc3c(O)ccc4c3[C@@]23CCN(CC2CC2)[C@H](C4)[C@]13O. The lowest BCUT2D eigenvalue weighted by molar-refractivity contribution is -0.228. The van der Waals surface area contributed by atoms with Gasteiger partial charge in [-0.05, 0) is 74.3 Å². The summed E-state index contributed by atoms with van der Waals surface area (Å²) < 4.78 is 11.8. The highest BCUT2D eigenvalue weighted by atomic mass is 16.5. The summed E-state index contributed by atoms with van der Waals surface area (Å²) in [5, 5.41) is 23.9. The lowest BCUT2D eigenvalue weighted by atomic mass is 9.45. The summed E-state index contributed by atoms with van der Waals surface area (Å²) >= 11 is 0. The number of hydrogen-bond acceptors (Lipinski definition) is 6. The first-order chi connectivity index (χ1) is 17.9. The number of piperidine rings is 1. The molecule has 7 nitrogen and oxygen atoms in total. The Kier molecular flexibility index (Phi) is 5.12. The van der Waals surface area contributed by atoms with Crippen LogP contribution >= 0.6 is 0 Å². The molecule has 2 bridgehead atoms. The van der Waals surface area contributed by atoms with Gasteiger partial charge >= 0.3 is 0 Å². The predicted octanol–water partition coefficient (Wildman–Crippen LogP) is 3.73. The standard InChI is InChI=1S/C30H36N2O5/c1-3-21-15-22(31(2)25(34)9-6-19-10-13-36-17-19)28-29-11-12-32(16-18-4-5-18)24(30(21,29)35)14-20-7-8-23(33)27(37-28)26(20)29/h6-10,13,17-18,21-22,24,28,33,35H,3-5,11-12,14-16H2,1-2H3/b9-6+/t21-,22+,24+,28+,29-,30+/m0/s1. The van der Waals surface area contributed by atoms with Crippen molar-refractivity contribution >= 4 is 12.0 Å². The van der Waals surface area contributed by atoms with Crippen LogP contribution in [0.3, 0.4) is 0 Å². The van der Waals surface area contributed by atoms with E-state index in [0.29, 0.717) is 12.2 Å².